The highest BCUT2D eigenvalue weighted by molar-refractivity contribution is 7.92. The first-order valence-corrected chi connectivity index (χ1v) is 10.5. The Morgan fingerprint density at radius 1 is 1.19 bits per heavy atom. The van der Waals surface area contributed by atoms with Crippen molar-refractivity contribution in [3.8, 4) is 0 Å². The Bertz CT molecular complexity index is 959. The summed E-state index contributed by atoms with van der Waals surface area (Å²) >= 11 is 0. The third kappa shape index (κ3) is 4.30. The highest BCUT2D eigenvalue weighted by Crippen LogP contribution is 2.22. The molecule has 1 N–H and O–H groups in total. The molecule has 1 amide bonds. The standard InChI is InChI=1S/C20H23FN2O3S/c1-14-9-10-18(13-19(14)21)27(25,26)22-17-8-5-7-16(12-17)20(24)23-11-4-3-6-15(23)2/h5,7-10,12-13,15,22H,3-4,6,11H2,1-2H3/t15-/m0/s1. The van der Waals surface area contributed by atoms with Crippen molar-refractivity contribution < 1.29 is 17.6 Å². The number of nitrogens with one attached hydrogen (secondary N) is 1. The lowest BCUT2D eigenvalue weighted by Gasteiger charge is -2.33. The van der Waals surface area contributed by atoms with Crippen LogP contribution in [0.3, 0.4) is 0 Å². The average Bonchev–Trinajstić information content (AvgIpc) is 2.63. The molecule has 1 heterocycles. The molecule has 7 heteroatoms. The van der Waals surface area contributed by atoms with Crippen LogP contribution in [0.4, 0.5) is 10.1 Å². The summed E-state index contributed by atoms with van der Waals surface area (Å²) in [5.74, 6) is -0.689. The van der Waals surface area contributed by atoms with Gasteiger partial charge in [0.1, 0.15) is 5.82 Å². The number of benzene rings is 2. The number of carbonyl (C=O) groups excluding carboxylic acids is 1. The van der Waals surface area contributed by atoms with Crippen molar-refractivity contribution in [1.29, 1.82) is 0 Å². The third-order valence-electron chi connectivity index (χ3n) is 4.88. The molecule has 1 aliphatic heterocycles. The lowest BCUT2D eigenvalue weighted by atomic mass is 10.0. The molecule has 0 bridgehead atoms. The Kier molecular flexibility index (Phi) is 5.51. The highest BCUT2D eigenvalue weighted by atomic mass is 32.2. The first-order chi connectivity index (χ1) is 12.8. The number of aryl methyl sites for hydroxylation is 1. The van der Waals surface area contributed by atoms with E-state index in [4.69, 9.17) is 0 Å². The van der Waals surface area contributed by atoms with Gasteiger partial charge in [-0.25, -0.2) is 12.8 Å². The molecule has 0 spiro atoms. The smallest absolute Gasteiger partial charge is 0.261 e. The number of rotatable bonds is 4. The van der Waals surface area contributed by atoms with Crippen molar-refractivity contribution in [1.82, 2.24) is 4.90 Å². The van der Waals surface area contributed by atoms with Crippen molar-refractivity contribution in [2.75, 3.05) is 11.3 Å². The van der Waals surface area contributed by atoms with Crippen LogP contribution in [0.25, 0.3) is 0 Å². The van der Waals surface area contributed by atoms with E-state index in [1.165, 1.54) is 18.2 Å². The number of hydrogen-bond donors (Lipinski definition) is 1. The van der Waals surface area contributed by atoms with Gasteiger partial charge in [-0.3, -0.25) is 9.52 Å². The Morgan fingerprint density at radius 3 is 2.67 bits per heavy atom. The van der Waals surface area contributed by atoms with E-state index < -0.39 is 15.8 Å². The largest absolute Gasteiger partial charge is 0.336 e. The van der Waals surface area contributed by atoms with Gasteiger partial charge in [0.05, 0.1) is 4.90 Å². The van der Waals surface area contributed by atoms with Crippen molar-refractivity contribution in [3.63, 3.8) is 0 Å². The summed E-state index contributed by atoms with van der Waals surface area (Å²) in [7, 11) is -3.95. The van der Waals surface area contributed by atoms with Crippen LogP contribution < -0.4 is 4.72 Å². The first kappa shape index (κ1) is 19.4. The van der Waals surface area contributed by atoms with Crippen LogP contribution in [-0.4, -0.2) is 31.8 Å². The highest BCUT2D eigenvalue weighted by Gasteiger charge is 2.24. The SMILES string of the molecule is Cc1ccc(S(=O)(=O)Nc2cccc(C(=O)N3CCCC[C@@H]3C)c2)cc1F. The molecule has 1 saturated heterocycles. The van der Waals surface area contributed by atoms with Gasteiger partial charge in [-0.1, -0.05) is 12.1 Å². The van der Waals surface area contributed by atoms with Crippen LogP contribution >= 0.6 is 0 Å². The summed E-state index contributed by atoms with van der Waals surface area (Å²) in [6.07, 6.45) is 3.05. The number of likely N-dealkylation sites (tertiary alicyclic amines) is 1. The molecule has 2 aromatic rings. The number of sulfonamides is 1. The molecular weight excluding hydrogens is 367 g/mol. The zero-order chi connectivity index (χ0) is 19.6. The number of piperidine rings is 1. The summed E-state index contributed by atoms with van der Waals surface area (Å²) in [5.41, 5.74) is 1.07. The minimum Gasteiger partial charge on any atom is -0.336 e. The maximum atomic E-state index is 13.7. The molecule has 1 fully saturated rings. The number of amides is 1. The average molecular weight is 390 g/mol. The number of anilines is 1. The van der Waals surface area contributed by atoms with Crippen LogP contribution in [0.2, 0.25) is 0 Å². The second-order valence-electron chi connectivity index (χ2n) is 6.94. The van der Waals surface area contributed by atoms with E-state index in [2.05, 4.69) is 4.72 Å². The first-order valence-electron chi connectivity index (χ1n) is 8.98. The van der Waals surface area contributed by atoms with E-state index in [1.54, 1.807) is 25.1 Å². The van der Waals surface area contributed by atoms with E-state index in [0.29, 0.717) is 17.7 Å². The van der Waals surface area contributed by atoms with Gasteiger partial charge in [-0.05, 0) is 69.0 Å². The molecule has 27 heavy (non-hydrogen) atoms. The molecule has 0 radical (unpaired) electrons. The molecule has 0 aromatic heterocycles. The van der Waals surface area contributed by atoms with Gasteiger partial charge < -0.3 is 4.90 Å². The molecule has 1 atom stereocenters. The lowest BCUT2D eigenvalue weighted by Crippen LogP contribution is -2.42. The minimum absolute atomic E-state index is 0.107. The fourth-order valence-electron chi connectivity index (χ4n) is 3.24. The number of nitrogens with zero attached hydrogens (tertiary/aromatic N) is 1. The molecule has 3 rings (SSSR count). The second-order valence-corrected chi connectivity index (χ2v) is 8.62. The quantitative estimate of drug-likeness (QED) is 0.860. The second kappa shape index (κ2) is 7.68. The van der Waals surface area contributed by atoms with Crippen LogP contribution in [0.5, 0.6) is 0 Å². The molecule has 0 aliphatic carbocycles. The van der Waals surface area contributed by atoms with Crippen molar-refractivity contribution in [2.24, 2.45) is 0 Å². The normalized spacial score (nSPS) is 17.6. The summed E-state index contributed by atoms with van der Waals surface area (Å²) in [6, 6.07) is 10.3. The number of halogens is 1. The van der Waals surface area contributed by atoms with Gasteiger partial charge in [-0.2, -0.15) is 0 Å². The Morgan fingerprint density at radius 2 is 1.96 bits per heavy atom. The predicted molar refractivity (Wildman–Crippen MR) is 103 cm³/mol. The molecule has 1 aliphatic rings. The fourth-order valence-corrected chi connectivity index (χ4v) is 4.30. The molecule has 144 valence electrons. The van der Waals surface area contributed by atoms with Crippen LogP contribution in [0.1, 0.15) is 42.1 Å². The molecule has 0 unspecified atom stereocenters. The van der Waals surface area contributed by atoms with Crippen LogP contribution in [0, 0.1) is 12.7 Å². The third-order valence-corrected chi connectivity index (χ3v) is 6.26. The summed E-state index contributed by atoms with van der Waals surface area (Å²) in [5, 5.41) is 0. The maximum Gasteiger partial charge on any atom is 0.261 e. The maximum absolute atomic E-state index is 13.7. The lowest BCUT2D eigenvalue weighted by molar-refractivity contribution is 0.0635. The van der Waals surface area contributed by atoms with E-state index in [1.807, 2.05) is 11.8 Å². The van der Waals surface area contributed by atoms with Gasteiger partial charge in [0.25, 0.3) is 15.9 Å². The van der Waals surface area contributed by atoms with Gasteiger partial charge in [0.15, 0.2) is 0 Å². The molecular formula is C20H23FN2O3S. The van der Waals surface area contributed by atoms with E-state index in [9.17, 15) is 17.6 Å². The van der Waals surface area contributed by atoms with Gasteiger partial charge >= 0.3 is 0 Å². The number of hydrogen-bond acceptors (Lipinski definition) is 3. The van der Waals surface area contributed by atoms with Gasteiger partial charge in [0, 0.05) is 23.8 Å². The number of carbonyl (C=O) groups is 1. The summed E-state index contributed by atoms with van der Waals surface area (Å²) in [6.45, 7) is 4.30. The minimum atomic E-state index is -3.95. The predicted octanol–water partition coefficient (Wildman–Crippen LogP) is 3.95. The molecule has 0 saturated carbocycles. The Labute approximate surface area is 159 Å². The topological polar surface area (TPSA) is 66.5 Å². The van der Waals surface area contributed by atoms with Crippen LogP contribution in [0.15, 0.2) is 47.4 Å². The Hall–Kier alpha value is -2.41. The van der Waals surface area contributed by atoms with Gasteiger partial charge in [-0.15, -0.1) is 0 Å². The van der Waals surface area contributed by atoms with E-state index in [-0.39, 0.29) is 22.5 Å². The molecule has 5 nitrogen and oxygen atoms in total. The summed E-state index contributed by atoms with van der Waals surface area (Å²) in [4.78, 5) is 14.4. The molecule has 2 aromatic carbocycles. The van der Waals surface area contributed by atoms with Crippen molar-refractivity contribution in [3.05, 3.63) is 59.4 Å². The van der Waals surface area contributed by atoms with Crippen molar-refractivity contribution >= 4 is 21.6 Å². The fraction of sp³-hybridized carbons (Fsp3) is 0.350. The zero-order valence-corrected chi connectivity index (χ0v) is 16.2. The van der Waals surface area contributed by atoms with Crippen molar-refractivity contribution in [2.45, 2.75) is 44.0 Å². The van der Waals surface area contributed by atoms with Crippen LogP contribution in [-0.2, 0) is 10.0 Å². The Balaban J connectivity index is 1.83. The zero-order valence-electron chi connectivity index (χ0n) is 15.4. The summed E-state index contributed by atoms with van der Waals surface area (Å²) < 4.78 is 41.2. The van der Waals surface area contributed by atoms with E-state index in [0.717, 1.165) is 25.3 Å². The monoisotopic (exact) mass is 390 g/mol. The van der Waals surface area contributed by atoms with E-state index >= 15 is 0 Å². The van der Waals surface area contributed by atoms with Gasteiger partial charge in [0.2, 0.25) is 0 Å².